The van der Waals surface area contributed by atoms with Crippen molar-refractivity contribution in [3.63, 3.8) is 0 Å². The molecule has 0 saturated carbocycles. The monoisotopic (exact) mass is 187 g/mol. The third-order valence-corrected chi connectivity index (χ3v) is 2.06. The van der Waals surface area contributed by atoms with Crippen LogP contribution < -0.4 is 5.32 Å². The van der Waals surface area contributed by atoms with E-state index in [0.29, 0.717) is 12.5 Å². The van der Waals surface area contributed by atoms with Gasteiger partial charge < -0.3 is 14.8 Å². The molecular formula is C9H17NO3. The molecule has 4 nitrogen and oxygen atoms in total. The summed E-state index contributed by atoms with van der Waals surface area (Å²) in [4.78, 5) is 10.9. The fourth-order valence-corrected chi connectivity index (χ4v) is 1.48. The summed E-state index contributed by atoms with van der Waals surface area (Å²) in [5.41, 5.74) is 0. The Morgan fingerprint density at radius 1 is 1.54 bits per heavy atom. The molecule has 1 aliphatic rings. The Bertz CT molecular complexity index is 172. The van der Waals surface area contributed by atoms with E-state index in [-0.39, 0.29) is 6.10 Å². The summed E-state index contributed by atoms with van der Waals surface area (Å²) in [6.45, 7) is 6.01. The summed E-state index contributed by atoms with van der Waals surface area (Å²) in [6.07, 6.45) is 0.345. The van der Waals surface area contributed by atoms with E-state index in [1.165, 1.54) is 0 Å². The predicted octanol–water partition coefficient (Wildman–Crippen LogP) is 1.16. The highest BCUT2D eigenvalue weighted by molar-refractivity contribution is 5.60. The van der Waals surface area contributed by atoms with Gasteiger partial charge in [-0.25, -0.2) is 4.79 Å². The normalized spacial score (nSPS) is 28.2. The highest BCUT2D eigenvalue weighted by atomic mass is 16.7. The van der Waals surface area contributed by atoms with Gasteiger partial charge in [-0.05, 0) is 25.8 Å². The van der Waals surface area contributed by atoms with Gasteiger partial charge in [-0.15, -0.1) is 0 Å². The first kappa shape index (κ1) is 10.3. The van der Waals surface area contributed by atoms with Crippen LogP contribution in [0.1, 0.15) is 20.3 Å². The molecule has 0 bridgehead atoms. The van der Waals surface area contributed by atoms with Gasteiger partial charge in [0.1, 0.15) is 6.10 Å². The number of hydrogen-bond donors (Lipinski definition) is 1. The SMILES string of the molecule is CCOC(=O)OC1CNCC(C)C1. The molecule has 1 fully saturated rings. The molecule has 13 heavy (non-hydrogen) atoms. The molecule has 0 spiro atoms. The van der Waals surface area contributed by atoms with Gasteiger partial charge in [-0.2, -0.15) is 0 Å². The van der Waals surface area contributed by atoms with Crippen LogP contribution in [-0.2, 0) is 9.47 Å². The highest BCUT2D eigenvalue weighted by Crippen LogP contribution is 2.12. The van der Waals surface area contributed by atoms with Crippen LogP contribution in [0.15, 0.2) is 0 Å². The van der Waals surface area contributed by atoms with Crippen molar-refractivity contribution in [2.45, 2.75) is 26.4 Å². The second-order valence-corrected chi connectivity index (χ2v) is 3.42. The lowest BCUT2D eigenvalue weighted by atomic mass is 10.00. The molecule has 1 aliphatic heterocycles. The van der Waals surface area contributed by atoms with E-state index in [1.807, 2.05) is 0 Å². The molecule has 76 valence electrons. The van der Waals surface area contributed by atoms with Crippen LogP contribution in [0.3, 0.4) is 0 Å². The van der Waals surface area contributed by atoms with E-state index >= 15 is 0 Å². The molecule has 2 unspecified atom stereocenters. The Morgan fingerprint density at radius 2 is 2.31 bits per heavy atom. The van der Waals surface area contributed by atoms with Crippen molar-refractivity contribution in [2.24, 2.45) is 5.92 Å². The zero-order valence-corrected chi connectivity index (χ0v) is 8.21. The molecule has 0 radical (unpaired) electrons. The summed E-state index contributed by atoms with van der Waals surface area (Å²) in [7, 11) is 0. The summed E-state index contributed by atoms with van der Waals surface area (Å²) in [5, 5.41) is 3.20. The molecule has 0 amide bonds. The third kappa shape index (κ3) is 3.63. The van der Waals surface area contributed by atoms with Crippen LogP contribution in [0, 0.1) is 5.92 Å². The van der Waals surface area contributed by atoms with Crippen LogP contribution in [0.2, 0.25) is 0 Å². The quantitative estimate of drug-likeness (QED) is 0.659. The Labute approximate surface area is 78.6 Å². The minimum absolute atomic E-state index is 0.0252. The van der Waals surface area contributed by atoms with Gasteiger partial charge in [0, 0.05) is 6.54 Å². The van der Waals surface area contributed by atoms with E-state index in [4.69, 9.17) is 9.47 Å². The zero-order valence-electron chi connectivity index (χ0n) is 8.21. The molecular weight excluding hydrogens is 170 g/mol. The fraction of sp³-hybridized carbons (Fsp3) is 0.889. The Hall–Kier alpha value is -0.770. The molecule has 0 aromatic carbocycles. The van der Waals surface area contributed by atoms with E-state index in [1.54, 1.807) is 6.92 Å². The van der Waals surface area contributed by atoms with Crippen LogP contribution in [0.4, 0.5) is 4.79 Å². The summed E-state index contributed by atoms with van der Waals surface area (Å²) >= 11 is 0. The minimum Gasteiger partial charge on any atom is -0.435 e. The molecule has 0 aromatic heterocycles. The standard InChI is InChI=1S/C9H17NO3/c1-3-12-9(11)13-8-4-7(2)5-10-6-8/h7-8,10H,3-6H2,1-2H3. The fourth-order valence-electron chi connectivity index (χ4n) is 1.48. The highest BCUT2D eigenvalue weighted by Gasteiger charge is 2.22. The largest absolute Gasteiger partial charge is 0.508 e. The number of carbonyl (C=O) groups is 1. The Kier molecular flexibility index (Phi) is 4.02. The van der Waals surface area contributed by atoms with Crippen molar-refractivity contribution in [3.05, 3.63) is 0 Å². The molecule has 4 heteroatoms. The van der Waals surface area contributed by atoms with E-state index in [2.05, 4.69) is 12.2 Å². The lowest BCUT2D eigenvalue weighted by Crippen LogP contribution is -2.40. The molecule has 1 N–H and O–H groups in total. The number of piperidine rings is 1. The number of carbonyl (C=O) groups excluding carboxylic acids is 1. The van der Waals surface area contributed by atoms with Crippen molar-refractivity contribution in [1.29, 1.82) is 0 Å². The number of nitrogens with one attached hydrogen (secondary N) is 1. The molecule has 0 aromatic rings. The molecule has 1 rings (SSSR count). The van der Waals surface area contributed by atoms with E-state index in [0.717, 1.165) is 19.5 Å². The zero-order chi connectivity index (χ0) is 9.68. The Morgan fingerprint density at radius 3 is 2.92 bits per heavy atom. The van der Waals surface area contributed by atoms with Gasteiger partial charge in [0.05, 0.1) is 6.61 Å². The number of ether oxygens (including phenoxy) is 2. The van der Waals surface area contributed by atoms with Gasteiger partial charge >= 0.3 is 6.16 Å². The van der Waals surface area contributed by atoms with Crippen molar-refractivity contribution in [2.75, 3.05) is 19.7 Å². The van der Waals surface area contributed by atoms with Gasteiger partial charge in [0.25, 0.3) is 0 Å². The maximum atomic E-state index is 10.9. The van der Waals surface area contributed by atoms with Crippen LogP contribution in [-0.4, -0.2) is 32.0 Å². The predicted molar refractivity (Wildman–Crippen MR) is 48.5 cm³/mol. The maximum absolute atomic E-state index is 10.9. The smallest absolute Gasteiger partial charge is 0.435 e. The first-order chi connectivity index (χ1) is 6.22. The molecule has 2 atom stereocenters. The van der Waals surface area contributed by atoms with Crippen molar-refractivity contribution in [3.8, 4) is 0 Å². The minimum atomic E-state index is -0.552. The van der Waals surface area contributed by atoms with Gasteiger partial charge in [0.15, 0.2) is 0 Å². The number of rotatable bonds is 2. The second kappa shape index (κ2) is 5.07. The Balaban J connectivity index is 2.23. The number of hydrogen-bond acceptors (Lipinski definition) is 4. The van der Waals surface area contributed by atoms with Crippen LogP contribution >= 0.6 is 0 Å². The molecule has 1 heterocycles. The average molecular weight is 187 g/mol. The van der Waals surface area contributed by atoms with E-state index < -0.39 is 6.16 Å². The third-order valence-electron chi connectivity index (χ3n) is 2.06. The van der Waals surface area contributed by atoms with Gasteiger partial charge in [0.2, 0.25) is 0 Å². The van der Waals surface area contributed by atoms with Crippen molar-refractivity contribution < 1.29 is 14.3 Å². The first-order valence-electron chi connectivity index (χ1n) is 4.76. The first-order valence-corrected chi connectivity index (χ1v) is 4.76. The summed E-state index contributed by atoms with van der Waals surface area (Å²) < 4.78 is 9.77. The molecule has 1 saturated heterocycles. The summed E-state index contributed by atoms with van der Waals surface area (Å²) in [5.74, 6) is 0.563. The molecule has 0 aliphatic carbocycles. The van der Waals surface area contributed by atoms with Crippen molar-refractivity contribution >= 4 is 6.16 Å². The lowest BCUT2D eigenvalue weighted by molar-refractivity contribution is 0.0121. The summed E-state index contributed by atoms with van der Waals surface area (Å²) in [6, 6.07) is 0. The van der Waals surface area contributed by atoms with Gasteiger partial charge in [-0.1, -0.05) is 6.92 Å². The van der Waals surface area contributed by atoms with Crippen LogP contribution in [0.5, 0.6) is 0 Å². The van der Waals surface area contributed by atoms with Crippen molar-refractivity contribution in [1.82, 2.24) is 5.32 Å². The average Bonchev–Trinajstić information content (AvgIpc) is 2.04. The maximum Gasteiger partial charge on any atom is 0.508 e. The van der Waals surface area contributed by atoms with Crippen LogP contribution in [0.25, 0.3) is 0 Å². The second-order valence-electron chi connectivity index (χ2n) is 3.42. The lowest BCUT2D eigenvalue weighted by Gasteiger charge is -2.26. The topological polar surface area (TPSA) is 47.6 Å². The van der Waals surface area contributed by atoms with Gasteiger partial charge in [-0.3, -0.25) is 0 Å². The van der Waals surface area contributed by atoms with E-state index in [9.17, 15) is 4.79 Å².